The average Bonchev–Trinajstić information content (AvgIpc) is 3.34. The first-order valence-corrected chi connectivity index (χ1v) is 14.2. The standard InChI is InChI=1S/C36H40N4/c1-22(2)26-15-14-23(3)30(20-26)36-39(8)33-17-16-27(21-34(33)40(36)9)28-18-25(5)29(19-24(28)4)35-37(6)31-12-10-11-13-32(31)38(35)7/h10-22H,1-9H3/q+2. The molecule has 0 spiro atoms. The van der Waals surface area contributed by atoms with Crippen LogP contribution in [-0.2, 0) is 28.2 Å². The first-order chi connectivity index (χ1) is 19.1. The van der Waals surface area contributed by atoms with Gasteiger partial charge in [0, 0.05) is 0 Å². The van der Waals surface area contributed by atoms with Crippen LogP contribution in [0.25, 0.3) is 56.0 Å². The van der Waals surface area contributed by atoms with Crippen molar-refractivity contribution in [2.45, 2.75) is 40.5 Å². The lowest BCUT2D eigenvalue weighted by Crippen LogP contribution is -2.30. The fraction of sp³-hybridized carbons (Fsp3) is 0.278. The lowest BCUT2D eigenvalue weighted by Gasteiger charge is -2.11. The Morgan fingerprint density at radius 3 is 1.82 bits per heavy atom. The third-order valence-corrected chi connectivity index (χ3v) is 8.87. The molecule has 0 aliphatic carbocycles. The molecular weight excluding hydrogens is 488 g/mol. The summed E-state index contributed by atoms with van der Waals surface area (Å²) in [6.07, 6.45) is 0. The van der Waals surface area contributed by atoms with Crippen LogP contribution in [0.5, 0.6) is 0 Å². The Morgan fingerprint density at radius 2 is 1.15 bits per heavy atom. The van der Waals surface area contributed by atoms with E-state index in [4.69, 9.17) is 0 Å². The maximum absolute atomic E-state index is 2.37. The van der Waals surface area contributed by atoms with Crippen LogP contribution in [0.2, 0.25) is 0 Å². The quantitative estimate of drug-likeness (QED) is 0.213. The topological polar surface area (TPSA) is 17.6 Å². The second-order valence-corrected chi connectivity index (χ2v) is 11.8. The summed E-state index contributed by atoms with van der Waals surface area (Å²) in [7, 11) is 8.72. The molecule has 2 aromatic heterocycles. The molecule has 202 valence electrons. The predicted molar refractivity (Wildman–Crippen MR) is 166 cm³/mol. The molecule has 0 atom stereocenters. The molecule has 0 aliphatic rings. The van der Waals surface area contributed by atoms with E-state index in [0.29, 0.717) is 5.92 Å². The molecule has 6 aromatic rings. The minimum absolute atomic E-state index is 0.497. The van der Waals surface area contributed by atoms with Crippen LogP contribution < -0.4 is 9.13 Å². The van der Waals surface area contributed by atoms with Gasteiger partial charge in [-0.2, -0.15) is 0 Å². The summed E-state index contributed by atoms with van der Waals surface area (Å²) >= 11 is 0. The Kier molecular flexibility index (Phi) is 6.18. The first-order valence-electron chi connectivity index (χ1n) is 14.2. The minimum Gasteiger partial charge on any atom is -0.226 e. The summed E-state index contributed by atoms with van der Waals surface area (Å²) in [5, 5.41) is 0. The molecule has 6 rings (SSSR count). The van der Waals surface area contributed by atoms with Crippen LogP contribution in [0.4, 0.5) is 0 Å². The Bertz CT molecular complexity index is 1910. The van der Waals surface area contributed by atoms with E-state index < -0.39 is 0 Å². The van der Waals surface area contributed by atoms with Crippen molar-refractivity contribution in [3.63, 3.8) is 0 Å². The number of hydrogen-bond donors (Lipinski definition) is 0. The molecule has 4 heteroatoms. The van der Waals surface area contributed by atoms with Crippen LogP contribution in [-0.4, -0.2) is 9.13 Å². The van der Waals surface area contributed by atoms with Gasteiger partial charge in [0.15, 0.2) is 22.1 Å². The molecule has 4 nitrogen and oxygen atoms in total. The monoisotopic (exact) mass is 528 g/mol. The Balaban J connectivity index is 1.49. The number of para-hydroxylation sites is 2. The van der Waals surface area contributed by atoms with Crippen molar-refractivity contribution in [3.8, 4) is 33.9 Å². The van der Waals surface area contributed by atoms with Crippen molar-refractivity contribution in [1.29, 1.82) is 0 Å². The molecule has 40 heavy (non-hydrogen) atoms. The highest BCUT2D eigenvalue weighted by Gasteiger charge is 2.26. The summed E-state index contributed by atoms with van der Waals surface area (Å²) in [5.41, 5.74) is 15.3. The van der Waals surface area contributed by atoms with Gasteiger partial charge < -0.3 is 0 Å². The number of hydrogen-bond acceptors (Lipinski definition) is 0. The van der Waals surface area contributed by atoms with Gasteiger partial charge in [-0.25, -0.2) is 18.3 Å². The zero-order chi connectivity index (χ0) is 28.5. The van der Waals surface area contributed by atoms with Gasteiger partial charge in [0.1, 0.15) is 0 Å². The largest absolute Gasteiger partial charge is 0.289 e. The van der Waals surface area contributed by atoms with Gasteiger partial charge in [0.25, 0.3) is 11.6 Å². The number of nitrogens with zero attached hydrogens (tertiary/aromatic N) is 4. The molecule has 0 fully saturated rings. The van der Waals surface area contributed by atoms with E-state index in [1.54, 1.807) is 0 Å². The normalized spacial score (nSPS) is 11.8. The number of benzene rings is 4. The number of imidazole rings is 2. The van der Waals surface area contributed by atoms with Crippen LogP contribution >= 0.6 is 0 Å². The van der Waals surface area contributed by atoms with E-state index in [9.17, 15) is 0 Å². The van der Waals surface area contributed by atoms with Crippen LogP contribution in [0, 0.1) is 20.8 Å². The third-order valence-electron chi connectivity index (χ3n) is 8.87. The second-order valence-electron chi connectivity index (χ2n) is 11.8. The Hall–Kier alpha value is -4.18. The summed E-state index contributed by atoms with van der Waals surface area (Å²) in [5.74, 6) is 2.96. The summed E-state index contributed by atoms with van der Waals surface area (Å²) in [4.78, 5) is 0. The summed E-state index contributed by atoms with van der Waals surface area (Å²) in [6.45, 7) is 11.2. The SMILES string of the molecule is Cc1cc(-c2n(C)c3ccccc3[n+]2C)c(C)cc1-c1ccc2c(c1)n(C)c(-c1cc(C(C)C)ccc1C)[n+]2C. The van der Waals surface area contributed by atoms with Crippen molar-refractivity contribution in [1.82, 2.24) is 9.13 Å². The van der Waals surface area contributed by atoms with E-state index in [1.165, 1.54) is 78.2 Å². The molecule has 0 aliphatic heterocycles. The zero-order valence-corrected chi connectivity index (χ0v) is 25.3. The minimum atomic E-state index is 0.497. The maximum atomic E-state index is 2.37. The first kappa shape index (κ1) is 26.1. The predicted octanol–water partition coefficient (Wildman–Crippen LogP) is 7.37. The number of fused-ring (bicyclic) bond motifs is 2. The molecule has 0 bridgehead atoms. The van der Waals surface area contributed by atoms with E-state index in [-0.39, 0.29) is 0 Å². The third kappa shape index (κ3) is 3.89. The van der Waals surface area contributed by atoms with Gasteiger partial charge in [-0.05, 0) is 103 Å². The van der Waals surface area contributed by atoms with Crippen LogP contribution in [0.1, 0.15) is 42.0 Å². The molecule has 2 heterocycles. The number of rotatable bonds is 4. The van der Waals surface area contributed by atoms with Gasteiger partial charge in [-0.1, -0.05) is 44.2 Å². The maximum Gasteiger partial charge on any atom is 0.289 e. The molecule has 0 N–H and O–H groups in total. The van der Waals surface area contributed by atoms with Gasteiger partial charge >= 0.3 is 0 Å². The van der Waals surface area contributed by atoms with Crippen molar-refractivity contribution in [3.05, 3.63) is 95.1 Å². The van der Waals surface area contributed by atoms with Crippen molar-refractivity contribution in [2.75, 3.05) is 0 Å². The molecule has 4 aromatic carbocycles. The van der Waals surface area contributed by atoms with Crippen molar-refractivity contribution in [2.24, 2.45) is 28.2 Å². The van der Waals surface area contributed by atoms with E-state index in [0.717, 1.165) is 0 Å². The fourth-order valence-electron chi connectivity index (χ4n) is 6.51. The molecule has 0 saturated carbocycles. The van der Waals surface area contributed by atoms with Crippen LogP contribution in [0.15, 0.2) is 72.8 Å². The van der Waals surface area contributed by atoms with Gasteiger partial charge in [0.05, 0.1) is 39.3 Å². The van der Waals surface area contributed by atoms with Crippen LogP contribution in [0.3, 0.4) is 0 Å². The Labute approximate surface area is 237 Å². The smallest absolute Gasteiger partial charge is 0.226 e. The molecular formula is C36H40N4+2. The highest BCUT2D eigenvalue weighted by molar-refractivity contribution is 5.85. The Morgan fingerprint density at radius 1 is 0.575 bits per heavy atom. The highest BCUT2D eigenvalue weighted by Crippen LogP contribution is 2.34. The lowest BCUT2D eigenvalue weighted by atomic mass is 9.94. The second kappa shape index (κ2) is 9.48. The molecule has 0 radical (unpaired) electrons. The fourth-order valence-corrected chi connectivity index (χ4v) is 6.51. The van der Waals surface area contributed by atoms with Crippen molar-refractivity contribution < 1.29 is 9.13 Å². The summed E-state index contributed by atoms with van der Waals surface area (Å²) in [6, 6.07) is 27.1. The number of aryl methyl sites for hydroxylation is 7. The van der Waals surface area contributed by atoms with Gasteiger partial charge in [-0.15, -0.1) is 0 Å². The highest BCUT2D eigenvalue weighted by atomic mass is 15.1. The van der Waals surface area contributed by atoms with Gasteiger partial charge in [-0.3, -0.25) is 0 Å². The lowest BCUT2D eigenvalue weighted by molar-refractivity contribution is -0.634. The molecule has 0 amide bonds. The average molecular weight is 529 g/mol. The van der Waals surface area contributed by atoms with E-state index in [2.05, 4.69) is 154 Å². The van der Waals surface area contributed by atoms with Crippen molar-refractivity contribution >= 4 is 22.1 Å². The molecule has 0 saturated heterocycles. The zero-order valence-electron chi connectivity index (χ0n) is 25.3. The van der Waals surface area contributed by atoms with E-state index in [1.807, 2.05) is 0 Å². The number of aromatic nitrogens is 4. The van der Waals surface area contributed by atoms with E-state index >= 15 is 0 Å². The molecule has 0 unspecified atom stereocenters. The summed E-state index contributed by atoms with van der Waals surface area (Å²) < 4.78 is 9.32. The van der Waals surface area contributed by atoms with Gasteiger partial charge in [0.2, 0.25) is 0 Å².